The zero-order chi connectivity index (χ0) is 37.6. The summed E-state index contributed by atoms with van der Waals surface area (Å²) >= 11 is 0. The average molecular weight is 736 g/mol. The van der Waals surface area contributed by atoms with E-state index in [1.54, 1.807) is 6.07 Å². The molecule has 0 spiro atoms. The highest BCUT2D eigenvalue weighted by atomic mass is 32.2. The van der Waals surface area contributed by atoms with Crippen LogP contribution in [0.2, 0.25) is 0 Å². The maximum atomic E-state index is 13.4. The number of anilines is 1. The number of hydrogen-bond acceptors (Lipinski definition) is 8. The Morgan fingerprint density at radius 1 is 0.863 bits per heavy atom. The second-order valence-electron chi connectivity index (χ2n) is 14.9. The van der Waals surface area contributed by atoms with Gasteiger partial charge in [0.05, 0.1) is 29.8 Å². The molecule has 3 heterocycles. The van der Waals surface area contributed by atoms with Gasteiger partial charge in [0.15, 0.2) is 5.54 Å². The van der Waals surface area contributed by atoms with Crippen molar-refractivity contribution < 1.29 is 40.2 Å². The highest BCUT2D eigenvalue weighted by molar-refractivity contribution is 7.86. The second-order valence-corrected chi connectivity index (χ2v) is 17.8. The fraction of sp³-hybridized carbons (Fsp3) is 0.368. The molecule has 13 heteroatoms. The van der Waals surface area contributed by atoms with Crippen molar-refractivity contribution in [1.29, 1.82) is 0 Å². The molecular formula is C38H43N2O9S2+. The minimum Gasteiger partial charge on any atom is -0.465 e. The number of hydrogen-bond donors (Lipinski definition) is 2. The number of nitrogens with zero attached hydrogens (tertiary/aromatic N) is 2. The van der Waals surface area contributed by atoms with Crippen LogP contribution in [0, 0.1) is 0 Å². The molecule has 11 nitrogen and oxygen atoms in total. The van der Waals surface area contributed by atoms with Crippen molar-refractivity contribution >= 4 is 48.6 Å². The Kier molecular flexibility index (Phi) is 8.69. The van der Waals surface area contributed by atoms with Crippen LogP contribution in [-0.4, -0.2) is 75.7 Å². The molecule has 0 atom stereocenters. The molecular weight excluding hydrogens is 693 g/mol. The fourth-order valence-corrected chi connectivity index (χ4v) is 8.46. The standard InChI is InChI=1S/C38H42N2O9S2/c1-21(2)22-10-11-25(36(41)48-9)28(12-22)35-29-13-26-23(19-50(42,43)44)17-37(3,4)39(7)31(26)15-33(29)49-34-16-32-27(14-30(34)35)24(20-51(45,46)47)18-38(5,6)40(32)8/h10-18,21H,19-20H2,1-9H3,(H-,42,43,44,45,46,47)/p+1. The van der Waals surface area contributed by atoms with Crippen molar-refractivity contribution in [3.63, 3.8) is 0 Å². The van der Waals surface area contributed by atoms with E-state index in [2.05, 4.69) is 0 Å². The third-order valence-electron chi connectivity index (χ3n) is 10.2. The second kappa shape index (κ2) is 12.1. The van der Waals surface area contributed by atoms with Crippen LogP contribution in [0.4, 0.5) is 5.69 Å². The summed E-state index contributed by atoms with van der Waals surface area (Å²) in [6.07, 6.45) is 3.62. The number of likely N-dealkylation sites (N-methyl/N-ethyl adjacent to an activating group) is 2. The van der Waals surface area contributed by atoms with Gasteiger partial charge in [-0.15, -0.1) is 0 Å². The van der Waals surface area contributed by atoms with E-state index in [0.29, 0.717) is 66.7 Å². The average Bonchev–Trinajstić information content (AvgIpc) is 3.01. The van der Waals surface area contributed by atoms with Crippen LogP contribution in [-0.2, 0) is 25.0 Å². The molecule has 0 saturated carbocycles. The molecule has 51 heavy (non-hydrogen) atoms. The number of fused-ring (bicyclic) bond motifs is 4. The molecule has 0 bridgehead atoms. The van der Waals surface area contributed by atoms with Crippen molar-refractivity contribution in [3.8, 4) is 11.5 Å². The molecule has 6 rings (SSSR count). The van der Waals surface area contributed by atoms with Crippen molar-refractivity contribution in [2.45, 2.75) is 58.5 Å². The van der Waals surface area contributed by atoms with Crippen LogP contribution in [0.1, 0.15) is 85.6 Å². The van der Waals surface area contributed by atoms with Crippen LogP contribution in [0.25, 0.3) is 16.7 Å². The fourth-order valence-electron chi connectivity index (χ4n) is 7.19. The molecule has 3 aromatic carbocycles. The van der Waals surface area contributed by atoms with Crippen molar-refractivity contribution in [3.05, 3.63) is 98.6 Å². The molecule has 2 N–H and O–H groups in total. The van der Waals surface area contributed by atoms with Crippen LogP contribution in [0.5, 0.6) is 11.5 Å². The molecule has 0 radical (unpaired) electrons. The molecule has 0 saturated heterocycles. The summed E-state index contributed by atoms with van der Waals surface area (Å²) in [5.41, 5.74) is 4.26. The van der Waals surface area contributed by atoms with Gasteiger partial charge in [0, 0.05) is 54.6 Å². The van der Waals surface area contributed by atoms with Crippen LogP contribution in [0.3, 0.4) is 0 Å². The van der Waals surface area contributed by atoms with E-state index in [9.17, 15) is 30.7 Å². The molecule has 3 aliphatic heterocycles. The number of carbonyl (C=O) groups is 1. The highest BCUT2D eigenvalue weighted by Crippen LogP contribution is 2.47. The third-order valence-corrected chi connectivity index (χ3v) is 11.6. The first-order valence-corrected chi connectivity index (χ1v) is 19.7. The molecule has 0 fully saturated rings. The van der Waals surface area contributed by atoms with Crippen molar-refractivity contribution in [2.75, 3.05) is 37.6 Å². The Morgan fingerprint density at radius 3 is 2.08 bits per heavy atom. The minimum atomic E-state index is -4.42. The van der Waals surface area contributed by atoms with Gasteiger partial charge in [0.25, 0.3) is 20.2 Å². The first-order valence-electron chi connectivity index (χ1n) is 16.5. The number of benzene rings is 3. The summed E-state index contributed by atoms with van der Waals surface area (Å²) in [7, 11) is -3.74. The molecule has 0 amide bonds. The van der Waals surface area contributed by atoms with Gasteiger partial charge in [-0.1, -0.05) is 26.0 Å². The maximum Gasteiger partial charge on any atom is 0.338 e. The molecule has 0 aromatic heterocycles. The van der Waals surface area contributed by atoms with Gasteiger partial charge in [-0.2, -0.15) is 16.8 Å². The number of methoxy groups -OCH3 is 1. The Balaban J connectivity index is 1.80. The molecule has 0 unspecified atom stereocenters. The number of ether oxygens (including phenoxy) is 2. The van der Waals surface area contributed by atoms with Crippen LogP contribution < -0.4 is 24.8 Å². The predicted molar refractivity (Wildman–Crippen MR) is 198 cm³/mol. The van der Waals surface area contributed by atoms with E-state index in [1.165, 1.54) is 7.11 Å². The van der Waals surface area contributed by atoms with E-state index in [1.807, 2.05) is 114 Å². The summed E-state index contributed by atoms with van der Waals surface area (Å²) in [6, 6.07) is 12.8. The highest BCUT2D eigenvalue weighted by Gasteiger charge is 2.37. The lowest BCUT2D eigenvalue weighted by molar-refractivity contribution is 0.0600. The van der Waals surface area contributed by atoms with Gasteiger partial charge >= 0.3 is 5.97 Å². The Morgan fingerprint density at radius 2 is 1.49 bits per heavy atom. The largest absolute Gasteiger partial charge is 0.465 e. The zero-order valence-electron chi connectivity index (χ0n) is 30.2. The minimum absolute atomic E-state index is 0.0854. The number of carbonyl (C=O) groups excluding carboxylic acids is 1. The smallest absolute Gasteiger partial charge is 0.338 e. The lowest BCUT2D eigenvalue weighted by atomic mass is 9.83. The normalized spacial score (nSPS) is 17.5. The predicted octanol–water partition coefficient (Wildman–Crippen LogP) is 4.63. The summed E-state index contributed by atoms with van der Waals surface area (Å²) in [4.78, 5) is 15.4. The van der Waals surface area contributed by atoms with E-state index < -0.39 is 48.8 Å². The third kappa shape index (κ3) is 6.63. The summed E-state index contributed by atoms with van der Waals surface area (Å²) in [5.74, 6) is -0.812. The van der Waals surface area contributed by atoms with E-state index >= 15 is 0 Å². The van der Waals surface area contributed by atoms with E-state index in [-0.39, 0.29) is 11.5 Å². The van der Waals surface area contributed by atoms with Gasteiger partial charge in [0.2, 0.25) is 5.36 Å². The first-order chi connectivity index (χ1) is 23.5. The Labute approximate surface area is 298 Å². The maximum absolute atomic E-state index is 13.4. The topological polar surface area (TPSA) is 151 Å². The van der Waals surface area contributed by atoms with Crippen LogP contribution in [0.15, 0.2) is 54.6 Å². The van der Waals surface area contributed by atoms with Crippen molar-refractivity contribution in [2.24, 2.45) is 0 Å². The van der Waals surface area contributed by atoms with Crippen LogP contribution >= 0.6 is 0 Å². The van der Waals surface area contributed by atoms with E-state index in [0.717, 1.165) is 5.56 Å². The first kappa shape index (κ1) is 36.5. The van der Waals surface area contributed by atoms with Gasteiger partial charge < -0.3 is 14.4 Å². The summed E-state index contributed by atoms with van der Waals surface area (Å²) in [5, 5.41) is 1.23. The van der Waals surface area contributed by atoms with Gasteiger partial charge in [-0.05, 0) is 72.4 Å². The molecule has 3 aliphatic rings. The van der Waals surface area contributed by atoms with Crippen molar-refractivity contribution in [1.82, 2.24) is 4.58 Å². The number of rotatable bonds is 7. The lowest BCUT2D eigenvalue weighted by Gasteiger charge is -2.41. The molecule has 0 aliphatic carbocycles. The van der Waals surface area contributed by atoms with Gasteiger partial charge in [-0.25, -0.2) is 9.37 Å². The quantitative estimate of drug-likeness (QED) is 0.156. The summed E-state index contributed by atoms with van der Waals surface area (Å²) in [6.45, 7) is 11.8. The zero-order valence-corrected chi connectivity index (χ0v) is 31.8. The lowest BCUT2D eigenvalue weighted by Crippen LogP contribution is -2.47. The SMILES string of the molecule is COC(=O)c1ccc(C(C)C)cc1C1=c2cc3c(cc2Oc2cc4c(cc21)C(CS(=O)(=O)O)=CC(C)(C)N4C)=[N+](C)C(C)(C)C=C3CS(=O)(=O)O. The van der Waals surface area contributed by atoms with Gasteiger partial charge in [0.1, 0.15) is 30.1 Å². The monoisotopic (exact) mass is 735 g/mol. The van der Waals surface area contributed by atoms with E-state index in [4.69, 9.17) is 9.47 Å². The number of esters is 1. The van der Waals surface area contributed by atoms with Gasteiger partial charge in [-0.3, -0.25) is 9.11 Å². The Hall–Kier alpha value is -4.30. The molecule has 3 aromatic rings. The Bertz CT molecular complexity index is 2460. The molecule has 270 valence electrons. The summed E-state index contributed by atoms with van der Waals surface area (Å²) < 4.78 is 83.0.